The fourth-order valence-electron chi connectivity index (χ4n) is 2.70. The summed E-state index contributed by atoms with van der Waals surface area (Å²) in [5.74, 6) is -0.320. The van der Waals surface area contributed by atoms with Crippen molar-refractivity contribution in [3.63, 3.8) is 0 Å². The minimum atomic E-state index is -3.71. The van der Waals surface area contributed by atoms with Crippen LogP contribution in [0.5, 0.6) is 0 Å². The molecule has 0 saturated carbocycles. The zero-order chi connectivity index (χ0) is 17.9. The van der Waals surface area contributed by atoms with E-state index in [4.69, 9.17) is 0 Å². The Balaban J connectivity index is 1.50. The summed E-state index contributed by atoms with van der Waals surface area (Å²) in [5.41, 5.74) is 2.57. The lowest BCUT2D eigenvalue weighted by Crippen LogP contribution is -2.29. The molecule has 1 aromatic heterocycles. The first-order valence-corrected chi connectivity index (χ1v) is 10.2. The van der Waals surface area contributed by atoms with E-state index in [0.29, 0.717) is 13.0 Å². The van der Waals surface area contributed by atoms with Gasteiger partial charge < -0.3 is 10.2 Å². The number of fused-ring (bicyclic) bond motifs is 1. The Morgan fingerprint density at radius 2 is 2.12 bits per heavy atom. The molecule has 10 heteroatoms. The Hall–Kier alpha value is -2.04. The first-order chi connectivity index (χ1) is 12.0. The minimum Gasteiger partial charge on any atom is -0.371 e. The van der Waals surface area contributed by atoms with Crippen molar-refractivity contribution in [3.8, 4) is 0 Å². The van der Waals surface area contributed by atoms with E-state index in [1.165, 1.54) is 18.2 Å². The number of hydrogen-bond donors (Lipinski definition) is 2. The number of rotatable bonds is 7. The standard InChI is InChI=1S/C15H19N5O3S2/c1-11(21)17-14-18-19-15(24-14)25(22,23)16-8-4-9-20-10-7-12-5-2-3-6-13(12)20/h2-3,5-6,16H,4,7-10H2,1H3,(H,17,18,21). The van der Waals surface area contributed by atoms with Crippen molar-refractivity contribution in [1.29, 1.82) is 0 Å². The zero-order valence-electron chi connectivity index (χ0n) is 13.7. The predicted octanol–water partition coefficient (Wildman–Crippen LogP) is 1.23. The third kappa shape index (κ3) is 4.33. The third-order valence-corrected chi connectivity index (χ3v) is 6.47. The maximum atomic E-state index is 12.2. The molecule has 2 N–H and O–H groups in total. The Morgan fingerprint density at radius 3 is 2.92 bits per heavy atom. The fraction of sp³-hybridized carbons (Fsp3) is 0.400. The van der Waals surface area contributed by atoms with E-state index in [2.05, 4.69) is 37.3 Å². The number of sulfonamides is 1. The smallest absolute Gasteiger partial charge is 0.269 e. The summed E-state index contributed by atoms with van der Waals surface area (Å²) in [4.78, 5) is 13.2. The Bertz CT molecular complexity index is 866. The van der Waals surface area contributed by atoms with Crippen molar-refractivity contribution < 1.29 is 13.2 Å². The highest BCUT2D eigenvalue weighted by Gasteiger charge is 2.21. The number of aromatic nitrogens is 2. The maximum Gasteiger partial charge on any atom is 0.269 e. The summed E-state index contributed by atoms with van der Waals surface area (Å²) in [7, 11) is -3.71. The van der Waals surface area contributed by atoms with Crippen LogP contribution in [-0.2, 0) is 21.2 Å². The van der Waals surface area contributed by atoms with Gasteiger partial charge in [-0.25, -0.2) is 13.1 Å². The summed E-state index contributed by atoms with van der Waals surface area (Å²) in [6.07, 6.45) is 1.71. The third-order valence-electron chi connectivity index (χ3n) is 3.80. The molecule has 0 spiro atoms. The van der Waals surface area contributed by atoms with Crippen LogP contribution in [0.4, 0.5) is 10.8 Å². The second-order valence-corrected chi connectivity index (χ2v) is 8.59. The highest BCUT2D eigenvalue weighted by Crippen LogP contribution is 2.27. The van der Waals surface area contributed by atoms with Crippen molar-refractivity contribution in [1.82, 2.24) is 14.9 Å². The van der Waals surface area contributed by atoms with Crippen molar-refractivity contribution in [2.75, 3.05) is 29.9 Å². The van der Waals surface area contributed by atoms with E-state index in [-0.39, 0.29) is 15.4 Å². The topological polar surface area (TPSA) is 104 Å². The number of hydrogen-bond acceptors (Lipinski definition) is 7. The van der Waals surface area contributed by atoms with Gasteiger partial charge >= 0.3 is 0 Å². The Kier molecular flexibility index (Phi) is 5.30. The average Bonchev–Trinajstić information content (AvgIpc) is 3.19. The first-order valence-electron chi connectivity index (χ1n) is 7.89. The molecular weight excluding hydrogens is 362 g/mol. The van der Waals surface area contributed by atoms with Crippen LogP contribution >= 0.6 is 11.3 Å². The van der Waals surface area contributed by atoms with Crippen LogP contribution < -0.4 is 14.9 Å². The van der Waals surface area contributed by atoms with Gasteiger partial charge in [-0.1, -0.05) is 29.5 Å². The zero-order valence-corrected chi connectivity index (χ0v) is 15.4. The lowest BCUT2D eigenvalue weighted by molar-refractivity contribution is -0.114. The van der Waals surface area contributed by atoms with Gasteiger partial charge in [-0.15, -0.1) is 10.2 Å². The van der Waals surface area contributed by atoms with E-state index in [9.17, 15) is 13.2 Å². The summed E-state index contributed by atoms with van der Waals surface area (Å²) in [5, 5.41) is 9.85. The van der Waals surface area contributed by atoms with Crippen LogP contribution in [0.3, 0.4) is 0 Å². The van der Waals surface area contributed by atoms with Crippen LogP contribution in [0.15, 0.2) is 28.6 Å². The molecule has 1 amide bonds. The van der Waals surface area contributed by atoms with E-state index < -0.39 is 10.0 Å². The molecule has 2 heterocycles. The number of carbonyl (C=O) groups is 1. The van der Waals surface area contributed by atoms with Crippen LogP contribution in [0.1, 0.15) is 18.9 Å². The lowest BCUT2D eigenvalue weighted by Gasteiger charge is -2.19. The maximum absolute atomic E-state index is 12.2. The van der Waals surface area contributed by atoms with Crippen LogP contribution in [0.2, 0.25) is 0 Å². The van der Waals surface area contributed by atoms with Crippen LogP contribution in [-0.4, -0.2) is 44.2 Å². The molecule has 0 radical (unpaired) electrons. The number of para-hydroxylation sites is 1. The summed E-state index contributed by atoms with van der Waals surface area (Å²) < 4.78 is 26.8. The van der Waals surface area contributed by atoms with Gasteiger partial charge in [0.05, 0.1) is 0 Å². The summed E-state index contributed by atoms with van der Waals surface area (Å²) >= 11 is 0.827. The molecule has 0 aliphatic carbocycles. The molecular formula is C15H19N5O3S2. The molecule has 25 heavy (non-hydrogen) atoms. The molecule has 1 aromatic carbocycles. The minimum absolute atomic E-state index is 0.150. The fourth-order valence-corrected chi connectivity index (χ4v) is 4.76. The number of anilines is 2. The highest BCUT2D eigenvalue weighted by atomic mass is 32.2. The Labute approximate surface area is 150 Å². The van der Waals surface area contributed by atoms with Crippen molar-refractivity contribution in [2.24, 2.45) is 0 Å². The van der Waals surface area contributed by atoms with Crippen molar-refractivity contribution in [2.45, 2.75) is 24.1 Å². The van der Waals surface area contributed by atoms with Crippen LogP contribution in [0, 0.1) is 0 Å². The van der Waals surface area contributed by atoms with E-state index in [1.54, 1.807) is 0 Å². The molecule has 0 atom stereocenters. The predicted molar refractivity (Wildman–Crippen MR) is 96.4 cm³/mol. The lowest BCUT2D eigenvalue weighted by atomic mass is 10.2. The number of nitrogens with zero attached hydrogens (tertiary/aromatic N) is 3. The van der Waals surface area contributed by atoms with Gasteiger partial charge in [0, 0.05) is 32.2 Å². The number of nitrogens with one attached hydrogen (secondary N) is 2. The number of amides is 1. The summed E-state index contributed by atoms with van der Waals surface area (Å²) in [6, 6.07) is 8.27. The van der Waals surface area contributed by atoms with Gasteiger partial charge in [-0.3, -0.25) is 4.79 Å². The average molecular weight is 381 g/mol. The molecule has 1 aliphatic heterocycles. The van der Waals surface area contributed by atoms with E-state index in [0.717, 1.165) is 30.8 Å². The monoisotopic (exact) mass is 381 g/mol. The molecule has 3 rings (SSSR count). The Morgan fingerprint density at radius 1 is 1.32 bits per heavy atom. The van der Waals surface area contributed by atoms with Gasteiger partial charge in [0.1, 0.15) is 0 Å². The largest absolute Gasteiger partial charge is 0.371 e. The van der Waals surface area contributed by atoms with E-state index in [1.807, 2.05) is 12.1 Å². The van der Waals surface area contributed by atoms with Gasteiger partial charge in [0.15, 0.2) is 0 Å². The van der Waals surface area contributed by atoms with Crippen LogP contribution in [0.25, 0.3) is 0 Å². The SMILES string of the molecule is CC(=O)Nc1nnc(S(=O)(=O)NCCCN2CCc3ccccc32)s1. The number of carbonyl (C=O) groups excluding carboxylic acids is 1. The molecule has 0 saturated heterocycles. The van der Waals surface area contributed by atoms with Gasteiger partial charge in [-0.2, -0.15) is 0 Å². The number of benzene rings is 1. The molecule has 0 bridgehead atoms. The molecule has 2 aromatic rings. The molecule has 0 fully saturated rings. The normalized spacial score (nSPS) is 13.7. The molecule has 0 unspecified atom stereocenters. The quantitative estimate of drug-likeness (QED) is 0.552. The second-order valence-electron chi connectivity index (χ2n) is 5.67. The van der Waals surface area contributed by atoms with E-state index >= 15 is 0 Å². The van der Waals surface area contributed by atoms with Gasteiger partial charge in [0.25, 0.3) is 10.0 Å². The highest BCUT2D eigenvalue weighted by molar-refractivity contribution is 7.91. The first kappa shape index (κ1) is 17.8. The molecule has 8 nitrogen and oxygen atoms in total. The molecule has 134 valence electrons. The summed E-state index contributed by atoms with van der Waals surface area (Å²) in [6.45, 7) is 3.38. The molecule has 1 aliphatic rings. The van der Waals surface area contributed by atoms with Crippen molar-refractivity contribution >= 4 is 38.1 Å². The van der Waals surface area contributed by atoms with Crippen molar-refractivity contribution in [3.05, 3.63) is 29.8 Å². The second kappa shape index (κ2) is 7.46. The van der Waals surface area contributed by atoms with Gasteiger partial charge in [0.2, 0.25) is 15.4 Å². The van der Waals surface area contributed by atoms with Gasteiger partial charge in [-0.05, 0) is 24.5 Å².